The van der Waals surface area contributed by atoms with Crippen molar-refractivity contribution in [2.24, 2.45) is 5.10 Å². The van der Waals surface area contributed by atoms with Crippen LogP contribution in [-0.2, 0) is 6.61 Å². The molecule has 0 N–H and O–H groups in total. The van der Waals surface area contributed by atoms with Crippen LogP contribution in [0.5, 0.6) is 5.75 Å². The van der Waals surface area contributed by atoms with Gasteiger partial charge in [0.2, 0.25) is 0 Å². The quantitative estimate of drug-likeness (QED) is 0.332. The van der Waals surface area contributed by atoms with Crippen LogP contribution in [0.3, 0.4) is 0 Å². The number of hydrazone groups is 1. The molecule has 4 aromatic carbocycles. The van der Waals surface area contributed by atoms with Crippen LogP contribution in [-0.4, -0.2) is 42.3 Å². The first-order chi connectivity index (χ1) is 17.3. The largest absolute Gasteiger partial charge is 0.489 e. The Morgan fingerprint density at radius 2 is 1.37 bits per heavy atom. The second-order valence-electron chi connectivity index (χ2n) is 9.16. The maximum absolute atomic E-state index is 5.97. The van der Waals surface area contributed by atoms with E-state index in [0.29, 0.717) is 12.6 Å². The molecule has 0 unspecified atom stereocenters. The number of fused-ring (bicyclic) bond motifs is 3. The van der Waals surface area contributed by atoms with Crippen LogP contribution in [0, 0.1) is 0 Å². The van der Waals surface area contributed by atoms with E-state index in [9.17, 15) is 0 Å². The lowest BCUT2D eigenvalue weighted by Gasteiger charge is -2.37. The number of rotatable bonds is 6. The fourth-order valence-corrected chi connectivity index (χ4v) is 5.18. The summed E-state index contributed by atoms with van der Waals surface area (Å²) in [7, 11) is 0. The Hall–Kier alpha value is -3.89. The number of ether oxygens (including phenoxy) is 1. The zero-order chi connectivity index (χ0) is 23.5. The van der Waals surface area contributed by atoms with E-state index in [0.717, 1.165) is 43.1 Å². The smallest absolute Gasteiger partial charge is 0.120 e. The van der Waals surface area contributed by atoms with Crippen molar-refractivity contribution in [3.8, 4) is 16.9 Å². The molecule has 1 aliphatic carbocycles. The third kappa shape index (κ3) is 4.58. The van der Waals surface area contributed by atoms with Crippen LogP contribution in [0.15, 0.2) is 108 Å². The van der Waals surface area contributed by atoms with Gasteiger partial charge < -0.3 is 4.74 Å². The summed E-state index contributed by atoms with van der Waals surface area (Å²) in [4.78, 5) is 2.61. The third-order valence-electron chi connectivity index (χ3n) is 6.93. The number of piperazine rings is 1. The van der Waals surface area contributed by atoms with E-state index >= 15 is 0 Å². The lowest BCUT2D eigenvalue weighted by Crippen LogP contribution is -2.45. The van der Waals surface area contributed by atoms with Gasteiger partial charge in [-0.2, -0.15) is 5.10 Å². The zero-order valence-electron chi connectivity index (χ0n) is 19.8. The third-order valence-corrected chi connectivity index (χ3v) is 6.93. The molecule has 1 saturated heterocycles. The minimum absolute atomic E-state index is 0.340. The first kappa shape index (κ1) is 21.6. The molecular formula is C31H29N3O. The highest BCUT2D eigenvalue weighted by Crippen LogP contribution is 2.46. The molecule has 6 rings (SSSR count). The van der Waals surface area contributed by atoms with Gasteiger partial charge in [-0.25, -0.2) is 0 Å². The van der Waals surface area contributed by atoms with Crippen molar-refractivity contribution in [1.29, 1.82) is 0 Å². The number of nitrogens with zero attached hydrogens (tertiary/aromatic N) is 3. The van der Waals surface area contributed by atoms with Gasteiger partial charge in [0.05, 0.1) is 12.3 Å². The Balaban J connectivity index is 1.09. The Kier molecular flexibility index (Phi) is 6.04. The van der Waals surface area contributed by atoms with E-state index in [1.807, 2.05) is 36.5 Å². The topological polar surface area (TPSA) is 28.1 Å². The normalized spacial score (nSPS) is 15.8. The highest BCUT2D eigenvalue weighted by atomic mass is 16.5. The second kappa shape index (κ2) is 9.77. The summed E-state index contributed by atoms with van der Waals surface area (Å²) in [5.41, 5.74) is 7.83. The fraction of sp³-hybridized carbons (Fsp3) is 0.194. The molecule has 1 heterocycles. The summed E-state index contributed by atoms with van der Waals surface area (Å²) in [6, 6.07) is 36.4. The molecule has 35 heavy (non-hydrogen) atoms. The predicted octanol–water partition coefficient (Wildman–Crippen LogP) is 5.99. The van der Waals surface area contributed by atoms with Gasteiger partial charge in [-0.1, -0.05) is 91.0 Å². The molecule has 0 amide bonds. The summed E-state index contributed by atoms with van der Waals surface area (Å²) < 4.78 is 5.97. The molecule has 0 saturated carbocycles. The molecule has 0 spiro atoms. The minimum atomic E-state index is 0.340. The fourth-order valence-electron chi connectivity index (χ4n) is 5.18. The van der Waals surface area contributed by atoms with Crippen molar-refractivity contribution in [1.82, 2.24) is 9.91 Å². The van der Waals surface area contributed by atoms with Gasteiger partial charge in [0, 0.05) is 26.2 Å². The Labute approximate surface area is 207 Å². The summed E-state index contributed by atoms with van der Waals surface area (Å²) in [6.45, 7) is 4.38. The van der Waals surface area contributed by atoms with Crippen LogP contribution in [0.2, 0.25) is 0 Å². The molecular weight excluding hydrogens is 430 g/mol. The van der Waals surface area contributed by atoms with Crippen molar-refractivity contribution in [2.45, 2.75) is 12.6 Å². The van der Waals surface area contributed by atoms with Gasteiger partial charge in [-0.3, -0.25) is 9.91 Å². The highest BCUT2D eigenvalue weighted by molar-refractivity contribution is 5.80. The van der Waals surface area contributed by atoms with Crippen molar-refractivity contribution >= 4 is 6.21 Å². The van der Waals surface area contributed by atoms with Crippen molar-refractivity contribution < 1.29 is 4.74 Å². The molecule has 1 fully saturated rings. The molecule has 174 valence electrons. The van der Waals surface area contributed by atoms with Gasteiger partial charge in [-0.05, 0) is 45.5 Å². The number of hydrogen-bond donors (Lipinski definition) is 0. The number of benzene rings is 4. The minimum Gasteiger partial charge on any atom is -0.489 e. The van der Waals surface area contributed by atoms with Crippen molar-refractivity contribution in [2.75, 3.05) is 26.2 Å². The average molecular weight is 460 g/mol. The van der Waals surface area contributed by atoms with Crippen LogP contribution in [0.1, 0.15) is 28.3 Å². The molecule has 0 bridgehead atoms. The molecule has 4 heteroatoms. The van der Waals surface area contributed by atoms with E-state index in [4.69, 9.17) is 9.84 Å². The summed E-state index contributed by atoms with van der Waals surface area (Å²) in [6.07, 6.45) is 1.95. The van der Waals surface area contributed by atoms with Gasteiger partial charge >= 0.3 is 0 Å². The van der Waals surface area contributed by atoms with Gasteiger partial charge in [-0.15, -0.1) is 0 Å². The van der Waals surface area contributed by atoms with Crippen LogP contribution in [0.25, 0.3) is 11.1 Å². The monoisotopic (exact) mass is 459 g/mol. The van der Waals surface area contributed by atoms with Crippen LogP contribution < -0.4 is 4.74 Å². The first-order valence-corrected chi connectivity index (χ1v) is 12.3. The van der Waals surface area contributed by atoms with Crippen molar-refractivity contribution in [3.63, 3.8) is 0 Å². The van der Waals surface area contributed by atoms with E-state index in [2.05, 4.69) is 82.7 Å². The van der Waals surface area contributed by atoms with E-state index in [1.54, 1.807) is 0 Å². The molecule has 1 aliphatic heterocycles. The Bertz CT molecular complexity index is 1280. The van der Waals surface area contributed by atoms with Gasteiger partial charge in [0.25, 0.3) is 0 Å². The summed E-state index contributed by atoms with van der Waals surface area (Å²) >= 11 is 0. The highest BCUT2D eigenvalue weighted by Gasteiger charge is 2.33. The SMILES string of the molecule is C(=NN1CCN(C2c3ccccc3-c3ccccc32)CC1)c1cccc(OCc2ccccc2)c1. The molecule has 0 radical (unpaired) electrons. The summed E-state index contributed by atoms with van der Waals surface area (Å²) in [5, 5.41) is 6.97. The van der Waals surface area contributed by atoms with Gasteiger partial charge in [0.15, 0.2) is 0 Å². The maximum Gasteiger partial charge on any atom is 0.120 e. The molecule has 0 atom stereocenters. The van der Waals surface area contributed by atoms with Crippen LogP contribution >= 0.6 is 0 Å². The zero-order valence-corrected chi connectivity index (χ0v) is 19.8. The number of hydrogen-bond acceptors (Lipinski definition) is 4. The maximum atomic E-state index is 5.97. The van der Waals surface area contributed by atoms with E-state index < -0.39 is 0 Å². The molecule has 4 nitrogen and oxygen atoms in total. The predicted molar refractivity (Wildman–Crippen MR) is 142 cm³/mol. The van der Waals surface area contributed by atoms with E-state index in [-0.39, 0.29) is 0 Å². The first-order valence-electron chi connectivity index (χ1n) is 12.3. The van der Waals surface area contributed by atoms with E-state index in [1.165, 1.54) is 22.3 Å². The Morgan fingerprint density at radius 1 is 0.714 bits per heavy atom. The van der Waals surface area contributed by atoms with Gasteiger partial charge in [0.1, 0.15) is 12.4 Å². The lowest BCUT2D eigenvalue weighted by atomic mass is 10.0. The average Bonchev–Trinajstić information content (AvgIpc) is 3.26. The molecule has 4 aromatic rings. The lowest BCUT2D eigenvalue weighted by molar-refractivity contribution is 0.114. The molecule has 0 aromatic heterocycles. The summed E-state index contributed by atoms with van der Waals surface area (Å²) in [5.74, 6) is 0.862. The molecule has 2 aliphatic rings. The Morgan fingerprint density at radius 3 is 2.09 bits per heavy atom. The second-order valence-corrected chi connectivity index (χ2v) is 9.16. The standard InChI is InChI=1S/C31H29N3O/c1-2-9-24(10-3-1)23-35-26-12-8-11-25(21-26)22-32-34-19-17-33(18-20-34)31-29-15-6-4-13-27(29)28-14-5-7-16-30(28)31/h1-16,21-22,31H,17-20,23H2. The van der Waals surface area contributed by atoms with Crippen molar-refractivity contribution in [3.05, 3.63) is 125 Å². The van der Waals surface area contributed by atoms with Crippen LogP contribution in [0.4, 0.5) is 0 Å².